The molecule has 0 N–H and O–H groups in total. The summed E-state index contributed by atoms with van der Waals surface area (Å²) in [5, 5.41) is 23.9. The van der Waals surface area contributed by atoms with Crippen LogP contribution in [-0.4, -0.2) is 57.4 Å². The monoisotopic (exact) mass is 593 g/mol. The van der Waals surface area contributed by atoms with Crippen LogP contribution >= 0.6 is 49.9 Å². The van der Waals surface area contributed by atoms with Crippen LogP contribution in [0.1, 0.15) is 28.3 Å². The van der Waals surface area contributed by atoms with Crippen LogP contribution < -0.4 is 4.65 Å². The standard InChI is InChI=1S/C18H21BrIN5O3S/c1-2-3-4-9-24-11-16(28-17(26)14-10-13(20)6-8-21-14)25(27,12-24)18-23-22-15(29-18)5-7-19/h2,6,8,10,16H,1,3-5,7,9,11-12H2. The second kappa shape index (κ2) is 10.4. The second-order valence-electron chi connectivity index (χ2n) is 6.58. The van der Waals surface area contributed by atoms with Gasteiger partial charge in [0.15, 0.2) is 0 Å². The molecule has 0 aliphatic carbocycles. The van der Waals surface area contributed by atoms with E-state index in [0.29, 0.717) is 18.1 Å². The molecular weight excluding hydrogens is 573 g/mol. The summed E-state index contributed by atoms with van der Waals surface area (Å²) in [6.07, 6.45) is 4.92. The number of quaternary nitrogens is 1. The molecule has 3 rings (SSSR count). The van der Waals surface area contributed by atoms with Crippen LogP contribution in [0.5, 0.6) is 0 Å². The fraction of sp³-hybridized carbons (Fsp3) is 0.444. The first-order valence-electron chi connectivity index (χ1n) is 9.09. The van der Waals surface area contributed by atoms with Gasteiger partial charge in [-0.05, 0) is 58.9 Å². The van der Waals surface area contributed by atoms with E-state index in [1.54, 1.807) is 18.3 Å². The van der Waals surface area contributed by atoms with Crippen molar-refractivity contribution >= 4 is 61.0 Å². The zero-order chi connectivity index (χ0) is 20.9. The first-order chi connectivity index (χ1) is 14.0. The molecule has 156 valence electrons. The molecule has 0 bridgehead atoms. The number of unbranched alkanes of at least 4 members (excludes halogenated alkanes) is 1. The zero-order valence-electron chi connectivity index (χ0n) is 15.7. The van der Waals surface area contributed by atoms with Crippen molar-refractivity contribution < 1.29 is 9.53 Å². The van der Waals surface area contributed by atoms with E-state index in [2.05, 4.69) is 60.3 Å². The van der Waals surface area contributed by atoms with Crippen LogP contribution in [0.2, 0.25) is 0 Å². The normalized spacial score (nSPS) is 22.0. The Bertz CT molecular complexity index is 870. The number of pyridine rings is 1. The molecule has 0 aromatic carbocycles. The number of carbonyl (C=O) groups excluding carboxylic acids is 1. The third kappa shape index (κ3) is 5.58. The zero-order valence-corrected chi connectivity index (χ0v) is 20.2. The molecule has 1 aliphatic rings. The molecule has 0 amide bonds. The van der Waals surface area contributed by atoms with Crippen LogP contribution in [0.15, 0.2) is 31.0 Å². The molecule has 1 aliphatic heterocycles. The maximum absolute atomic E-state index is 13.8. The Morgan fingerprint density at radius 2 is 2.38 bits per heavy atom. The molecule has 2 atom stereocenters. The summed E-state index contributed by atoms with van der Waals surface area (Å²) < 4.78 is 5.68. The molecule has 0 saturated carbocycles. The third-order valence-corrected chi connectivity index (χ3v) is 6.60. The summed E-state index contributed by atoms with van der Waals surface area (Å²) >= 11 is 6.75. The summed E-state index contributed by atoms with van der Waals surface area (Å²) in [6.45, 7) is 4.96. The maximum Gasteiger partial charge on any atom is 0.361 e. The van der Waals surface area contributed by atoms with Crippen LogP contribution in [0.25, 0.3) is 0 Å². The molecule has 2 aromatic heterocycles. The number of hydrogen-bond acceptors (Lipinski definition) is 8. The molecule has 2 aromatic rings. The van der Waals surface area contributed by atoms with E-state index in [-0.39, 0.29) is 12.4 Å². The average Bonchev–Trinajstić information content (AvgIpc) is 3.28. The molecule has 1 fully saturated rings. The van der Waals surface area contributed by atoms with Crippen molar-refractivity contribution in [2.75, 3.05) is 25.1 Å². The lowest BCUT2D eigenvalue weighted by atomic mass is 10.3. The van der Waals surface area contributed by atoms with E-state index in [4.69, 9.17) is 4.74 Å². The van der Waals surface area contributed by atoms with Crippen LogP contribution in [-0.2, 0) is 11.2 Å². The molecule has 8 nitrogen and oxygen atoms in total. The number of ether oxygens (including phenoxy) is 1. The average molecular weight is 594 g/mol. The highest BCUT2D eigenvalue weighted by molar-refractivity contribution is 14.1. The minimum Gasteiger partial charge on any atom is -0.622 e. The Balaban J connectivity index is 1.81. The first-order valence-corrected chi connectivity index (χ1v) is 12.1. The van der Waals surface area contributed by atoms with E-state index >= 15 is 0 Å². The van der Waals surface area contributed by atoms with Gasteiger partial charge < -0.3 is 9.94 Å². The van der Waals surface area contributed by atoms with E-state index in [1.165, 1.54) is 11.3 Å². The molecule has 11 heteroatoms. The van der Waals surface area contributed by atoms with Gasteiger partial charge in [-0.1, -0.05) is 27.1 Å². The highest BCUT2D eigenvalue weighted by Gasteiger charge is 2.46. The van der Waals surface area contributed by atoms with Crippen LogP contribution in [0.4, 0.5) is 5.13 Å². The Morgan fingerprint density at radius 1 is 1.55 bits per heavy atom. The van der Waals surface area contributed by atoms with Gasteiger partial charge in [-0.15, -0.1) is 11.7 Å². The minimum atomic E-state index is -0.921. The van der Waals surface area contributed by atoms with Crippen molar-refractivity contribution in [2.45, 2.75) is 25.5 Å². The summed E-state index contributed by atoms with van der Waals surface area (Å²) in [7, 11) is 0. The molecular formula is C18H21BrIN5O3S. The maximum atomic E-state index is 13.8. The van der Waals surface area contributed by atoms with Gasteiger partial charge in [0, 0.05) is 28.1 Å². The number of hydroxylamine groups is 2. The van der Waals surface area contributed by atoms with Gasteiger partial charge in [0.2, 0.25) is 0 Å². The molecule has 2 unspecified atom stereocenters. The third-order valence-electron chi connectivity index (χ3n) is 4.43. The summed E-state index contributed by atoms with van der Waals surface area (Å²) in [5.74, 6) is -0.606. The van der Waals surface area contributed by atoms with Crippen molar-refractivity contribution in [1.29, 1.82) is 0 Å². The van der Waals surface area contributed by atoms with Gasteiger partial charge >= 0.3 is 11.1 Å². The van der Waals surface area contributed by atoms with Gasteiger partial charge in [0.25, 0.3) is 6.23 Å². The Hall–Kier alpha value is -0.990. The Kier molecular flexibility index (Phi) is 8.10. The number of halogens is 2. The number of aromatic nitrogens is 3. The van der Waals surface area contributed by atoms with Crippen molar-refractivity contribution in [2.24, 2.45) is 0 Å². The van der Waals surface area contributed by atoms with Gasteiger partial charge in [0.1, 0.15) is 17.4 Å². The predicted octanol–water partition coefficient (Wildman–Crippen LogP) is 3.70. The number of aryl methyl sites for hydroxylation is 1. The molecule has 0 spiro atoms. The number of hydrogen-bond donors (Lipinski definition) is 0. The fourth-order valence-electron chi connectivity index (χ4n) is 3.01. The van der Waals surface area contributed by atoms with Crippen molar-refractivity contribution in [3.05, 3.63) is 50.5 Å². The minimum absolute atomic E-state index is 0.164. The fourth-order valence-corrected chi connectivity index (χ4v) is 5.01. The van der Waals surface area contributed by atoms with Crippen molar-refractivity contribution in [3.63, 3.8) is 0 Å². The summed E-state index contributed by atoms with van der Waals surface area (Å²) in [5.41, 5.74) is 0.186. The number of nitrogens with zero attached hydrogens (tertiary/aromatic N) is 5. The Labute approximate surface area is 195 Å². The SMILES string of the molecule is C=CCCCN1CC(OC(=O)c2cc(I)ccn2)[N+]([O-])(c2nnc(CCBr)s2)C1. The molecule has 3 heterocycles. The van der Waals surface area contributed by atoms with Gasteiger partial charge in [0.05, 0.1) is 6.54 Å². The van der Waals surface area contributed by atoms with Crippen molar-refractivity contribution in [1.82, 2.24) is 24.7 Å². The van der Waals surface area contributed by atoms with Crippen LogP contribution in [0.3, 0.4) is 0 Å². The lowest BCUT2D eigenvalue weighted by Crippen LogP contribution is -2.51. The van der Waals surface area contributed by atoms with E-state index < -0.39 is 16.8 Å². The molecule has 29 heavy (non-hydrogen) atoms. The quantitative estimate of drug-likeness (QED) is 0.0832. The first kappa shape index (κ1) is 22.7. The van der Waals surface area contributed by atoms with E-state index in [1.807, 2.05) is 11.0 Å². The summed E-state index contributed by atoms with van der Waals surface area (Å²) in [4.78, 5) is 18.7. The Morgan fingerprint density at radius 3 is 3.10 bits per heavy atom. The predicted molar refractivity (Wildman–Crippen MR) is 125 cm³/mol. The lowest BCUT2D eigenvalue weighted by Gasteiger charge is -2.38. The largest absolute Gasteiger partial charge is 0.622 e. The number of carbonyl (C=O) groups is 1. The second-order valence-corrected chi connectivity index (χ2v) is 9.66. The molecule has 0 radical (unpaired) electrons. The van der Waals surface area contributed by atoms with Gasteiger partial charge in [-0.3, -0.25) is 4.65 Å². The van der Waals surface area contributed by atoms with Gasteiger partial charge in [-0.2, -0.15) is 0 Å². The van der Waals surface area contributed by atoms with E-state index in [0.717, 1.165) is 33.3 Å². The van der Waals surface area contributed by atoms with Crippen molar-refractivity contribution in [3.8, 4) is 0 Å². The lowest BCUT2D eigenvalue weighted by molar-refractivity contribution is 0.00487. The smallest absolute Gasteiger partial charge is 0.361 e. The van der Waals surface area contributed by atoms with Crippen LogP contribution in [0, 0.1) is 8.78 Å². The highest BCUT2D eigenvalue weighted by atomic mass is 127. The molecule has 1 saturated heterocycles. The number of alkyl halides is 1. The topological polar surface area (TPSA) is 91.3 Å². The van der Waals surface area contributed by atoms with E-state index in [9.17, 15) is 10.0 Å². The highest BCUT2D eigenvalue weighted by Crippen LogP contribution is 2.35. The summed E-state index contributed by atoms with van der Waals surface area (Å²) in [6, 6.07) is 3.42. The van der Waals surface area contributed by atoms with Gasteiger partial charge in [-0.25, -0.2) is 14.7 Å². The number of rotatable bonds is 9. The number of esters is 1. The number of allylic oxidation sites excluding steroid dienone is 1.